The van der Waals surface area contributed by atoms with Crippen LogP contribution in [0, 0.1) is 13.8 Å². The molecule has 3 rings (SSSR count). The van der Waals surface area contributed by atoms with E-state index in [0.29, 0.717) is 6.54 Å². The summed E-state index contributed by atoms with van der Waals surface area (Å²) in [7, 11) is 3.97. The third-order valence-electron chi connectivity index (χ3n) is 4.36. The number of thiazole rings is 1. The number of carbonyl (C=O) groups excluding carboxylic acids is 1. The molecular weight excluding hydrogens is 360 g/mol. The van der Waals surface area contributed by atoms with E-state index in [2.05, 4.69) is 20.3 Å². The Labute approximate surface area is 164 Å². The molecule has 1 saturated heterocycles. The molecule has 1 fully saturated rings. The number of rotatable bonds is 6. The van der Waals surface area contributed by atoms with Gasteiger partial charge in [0.2, 0.25) is 5.91 Å². The van der Waals surface area contributed by atoms with Gasteiger partial charge in [0.25, 0.3) is 0 Å². The van der Waals surface area contributed by atoms with Gasteiger partial charge in [0.05, 0.1) is 11.4 Å². The molecule has 3 heterocycles. The highest BCUT2D eigenvalue weighted by atomic mass is 32.1. The molecule has 1 atom stereocenters. The van der Waals surface area contributed by atoms with Crippen LogP contribution in [0.1, 0.15) is 29.6 Å². The molecule has 2 aromatic rings. The Kier molecular flexibility index (Phi) is 6.18. The highest BCUT2D eigenvalue weighted by Crippen LogP contribution is 2.28. The molecule has 0 radical (unpaired) electrons. The molecule has 2 aromatic heterocycles. The highest BCUT2D eigenvalue weighted by molar-refractivity contribution is 7.13. The molecule has 1 aliphatic heterocycles. The lowest BCUT2D eigenvalue weighted by Gasteiger charge is -2.15. The number of nitrogens with one attached hydrogen (secondary N) is 1. The van der Waals surface area contributed by atoms with Crippen molar-refractivity contribution in [2.45, 2.75) is 26.2 Å². The summed E-state index contributed by atoms with van der Waals surface area (Å²) in [6.07, 6.45) is 4.49. The summed E-state index contributed by atoms with van der Waals surface area (Å²) in [5.74, 6) is 1.78. The minimum Gasteiger partial charge on any atom is -0.338 e. The summed E-state index contributed by atoms with van der Waals surface area (Å²) < 4.78 is 0. The topological polar surface area (TPSA) is 74.2 Å². The number of amides is 1. The van der Waals surface area contributed by atoms with Crippen LogP contribution in [0.5, 0.6) is 0 Å². The summed E-state index contributed by atoms with van der Waals surface area (Å²) in [6.45, 7) is 6.07. The van der Waals surface area contributed by atoms with Gasteiger partial charge < -0.3 is 15.1 Å². The fourth-order valence-electron chi connectivity index (χ4n) is 3.06. The molecule has 27 heavy (non-hydrogen) atoms. The van der Waals surface area contributed by atoms with E-state index in [1.165, 1.54) is 0 Å². The van der Waals surface area contributed by atoms with Crippen LogP contribution in [-0.2, 0) is 4.79 Å². The number of carbonyl (C=O) groups is 1. The van der Waals surface area contributed by atoms with E-state index in [1.807, 2.05) is 55.3 Å². The smallest absolute Gasteiger partial charge is 0.246 e. The third kappa shape index (κ3) is 5.33. The number of hydrogen-bond acceptors (Lipinski definition) is 7. The zero-order valence-corrected chi connectivity index (χ0v) is 17.1. The average molecular weight is 387 g/mol. The molecule has 1 aliphatic rings. The first-order chi connectivity index (χ1) is 12.9. The summed E-state index contributed by atoms with van der Waals surface area (Å²) >= 11 is 1.56. The molecule has 0 spiro atoms. The second-order valence-electron chi connectivity index (χ2n) is 7.08. The lowest BCUT2D eigenvalue weighted by molar-refractivity contribution is -0.125. The Morgan fingerprint density at radius 1 is 1.37 bits per heavy atom. The van der Waals surface area contributed by atoms with Crippen LogP contribution >= 0.6 is 11.3 Å². The minimum atomic E-state index is 0.0711. The Morgan fingerprint density at radius 2 is 2.19 bits per heavy atom. The maximum absolute atomic E-state index is 12.3. The number of likely N-dealkylation sites (tertiary alicyclic amines) is 1. The van der Waals surface area contributed by atoms with E-state index >= 15 is 0 Å². The normalized spacial score (nSPS) is 17.2. The van der Waals surface area contributed by atoms with Crippen molar-refractivity contribution in [1.82, 2.24) is 24.8 Å². The Bertz CT molecular complexity index is 831. The number of nitrogens with zero attached hydrogens (tertiary/aromatic N) is 5. The summed E-state index contributed by atoms with van der Waals surface area (Å²) in [6, 6.07) is 1.98. The van der Waals surface area contributed by atoms with Gasteiger partial charge in [0.1, 0.15) is 11.6 Å². The van der Waals surface area contributed by atoms with Gasteiger partial charge in [-0.05, 0) is 34.4 Å². The maximum atomic E-state index is 12.3. The Morgan fingerprint density at radius 3 is 2.89 bits per heavy atom. The predicted octanol–water partition coefficient (Wildman–Crippen LogP) is 2.73. The first kappa shape index (κ1) is 19.4. The Hall–Kier alpha value is -2.32. The van der Waals surface area contributed by atoms with Crippen molar-refractivity contribution in [3.63, 3.8) is 0 Å². The molecule has 0 aliphatic carbocycles. The van der Waals surface area contributed by atoms with Crippen molar-refractivity contribution in [3.8, 4) is 0 Å². The monoisotopic (exact) mass is 386 g/mol. The van der Waals surface area contributed by atoms with Crippen molar-refractivity contribution < 1.29 is 4.79 Å². The summed E-state index contributed by atoms with van der Waals surface area (Å²) in [4.78, 5) is 29.8. The average Bonchev–Trinajstić information content (AvgIpc) is 3.23. The largest absolute Gasteiger partial charge is 0.338 e. The molecule has 144 valence electrons. The molecule has 7 nitrogen and oxygen atoms in total. The molecule has 8 heteroatoms. The quantitative estimate of drug-likeness (QED) is 0.770. The molecule has 0 unspecified atom stereocenters. The van der Waals surface area contributed by atoms with Crippen LogP contribution < -0.4 is 5.32 Å². The number of aryl methyl sites for hydroxylation is 2. The lowest BCUT2D eigenvalue weighted by Crippen LogP contribution is -2.27. The molecule has 0 bridgehead atoms. The second kappa shape index (κ2) is 8.58. The first-order valence-corrected chi connectivity index (χ1v) is 9.93. The molecular formula is C19H26N6OS. The zero-order valence-electron chi connectivity index (χ0n) is 16.3. The number of aromatic nitrogens is 3. The lowest BCUT2D eigenvalue weighted by atomic mass is 10.0. The first-order valence-electron chi connectivity index (χ1n) is 9.05. The van der Waals surface area contributed by atoms with Crippen LogP contribution in [0.3, 0.4) is 0 Å². The van der Waals surface area contributed by atoms with Gasteiger partial charge in [0.15, 0.2) is 5.13 Å². The summed E-state index contributed by atoms with van der Waals surface area (Å²) in [5.41, 5.74) is 1.96. The van der Waals surface area contributed by atoms with E-state index < -0.39 is 0 Å². The van der Waals surface area contributed by atoms with Crippen molar-refractivity contribution in [1.29, 1.82) is 0 Å². The van der Waals surface area contributed by atoms with Gasteiger partial charge in [-0.3, -0.25) is 4.79 Å². The van der Waals surface area contributed by atoms with Gasteiger partial charge in [-0.2, -0.15) is 0 Å². The highest BCUT2D eigenvalue weighted by Gasteiger charge is 2.27. The minimum absolute atomic E-state index is 0.0711. The van der Waals surface area contributed by atoms with Crippen LogP contribution in [0.25, 0.3) is 0 Å². The maximum Gasteiger partial charge on any atom is 0.246 e. The van der Waals surface area contributed by atoms with Crippen molar-refractivity contribution in [3.05, 3.63) is 40.8 Å². The van der Waals surface area contributed by atoms with Crippen LogP contribution in [-0.4, -0.2) is 64.4 Å². The third-order valence-corrected chi connectivity index (χ3v) is 5.24. The van der Waals surface area contributed by atoms with Crippen LogP contribution in [0.4, 0.5) is 10.9 Å². The molecule has 1 amide bonds. The zero-order chi connectivity index (χ0) is 19.4. The number of anilines is 2. The van der Waals surface area contributed by atoms with E-state index in [0.717, 1.165) is 47.7 Å². The van der Waals surface area contributed by atoms with Crippen LogP contribution in [0.15, 0.2) is 23.6 Å². The van der Waals surface area contributed by atoms with Gasteiger partial charge in [-0.1, -0.05) is 6.08 Å². The van der Waals surface area contributed by atoms with Gasteiger partial charge in [-0.15, -0.1) is 11.3 Å². The van der Waals surface area contributed by atoms with Gasteiger partial charge >= 0.3 is 0 Å². The molecule has 0 aromatic carbocycles. The number of hydrogen-bond donors (Lipinski definition) is 1. The number of likely N-dealkylation sites (N-methyl/N-ethyl adjacent to an activating group) is 1. The van der Waals surface area contributed by atoms with E-state index in [4.69, 9.17) is 0 Å². The standard InChI is InChI=1S/C19H26N6OS/c1-13-12-27-19(20-13)23-17-10-16(21-14(2)22-17)15-7-9-25(11-15)18(26)6-5-8-24(3)4/h5-6,10,12,15H,7-9,11H2,1-4H3,(H,20,21,22,23)/b6-5+/t15-/m1/s1. The summed E-state index contributed by atoms with van der Waals surface area (Å²) in [5, 5.41) is 6.09. The fourth-order valence-corrected chi connectivity index (χ4v) is 3.75. The van der Waals surface area contributed by atoms with E-state index in [-0.39, 0.29) is 11.8 Å². The van der Waals surface area contributed by atoms with Crippen LogP contribution in [0.2, 0.25) is 0 Å². The predicted molar refractivity (Wildman–Crippen MR) is 109 cm³/mol. The van der Waals surface area contributed by atoms with E-state index in [9.17, 15) is 4.79 Å². The molecule has 1 N–H and O–H groups in total. The van der Waals surface area contributed by atoms with Crippen molar-refractivity contribution in [2.75, 3.05) is 39.0 Å². The van der Waals surface area contributed by atoms with Gasteiger partial charge in [0, 0.05) is 43.1 Å². The van der Waals surface area contributed by atoms with Crippen molar-refractivity contribution in [2.24, 2.45) is 0 Å². The van der Waals surface area contributed by atoms with E-state index in [1.54, 1.807) is 17.4 Å². The van der Waals surface area contributed by atoms with Crippen molar-refractivity contribution >= 4 is 28.2 Å². The second-order valence-corrected chi connectivity index (χ2v) is 7.94. The molecule has 0 saturated carbocycles. The fraction of sp³-hybridized carbons (Fsp3) is 0.474. The van der Waals surface area contributed by atoms with Gasteiger partial charge in [-0.25, -0.2) is 15.0 Å². The Balaban J connectivity index is 1.66. The SMILES string of the molecule is Cc1csc(Nc2cc([C@@H]3CCN(C(=O)/C=C/CN(C)C)C3)nc(C)n2)n1.